The molecule has 1 aliphatic carbocycles. The van der Waals surface area contributed by atoms with E-state index in [2.05, 4.69) is 10.0 Å². The number of benzene rings is 1. The number of rotatable bonds is 6. The van der Waals surface area contributed by atoms with Crippen LogP contribution in [-0.4, -0.2) is 20.5 Å². The van der Waals surface area contributed by atoms with Crippen molar-refractivity contribution in [2.24, 2.45) is 0 Å². The molecule has 0 atom stereocenters. The molecule has 1 aliphatic rings. The quantitative estimate of drug-likeness (QED) is 0.846. The molecule has 0 aromatic heterocycles. The van der Waals surface area contributed by atoms with Gasteiger partial charge in [-0.05, 0) is 50.9 Å². The molecule has 2 rings (SSSR count). The summed E-state index contributed by atoms with van der Waals surface area (Å²) in [7, 11) is -3.59. The van der Waals surface area contributed by atoms with Crippen molar-refractivity contribution in [2.75, 3.05) is 6.54 Å². The molecule has 0 amide bonds. The Balaban J connectivity index is 2.22. The van der Waals surface area contributed by atoms with Crippen LogP contribution in [0.15, 0.2) is 23.1 Å². The average Bonchev–Trinajstić information content (AvgIpc) is 2.35. The summed E-state index contributed by atoms with van der Waals surface area (Å²) in [5.41, 5.74) is 0.0168. The zero-order chi connectivity index (χ0) is 14.8. The van der Waals surface area contributed by atoms with Crippen molar-refractivity contribution in [2.45, 2.75) is 50.1 Å². The van der Waals surface area contributed by atoms with Gasteiger partial charge in [0.2, 0.25) is 10.0 Å². The van der Waals surface area contributed by atoms with Gasteiger partial charge in [-0.15, -0.1) is 0 Å². The second-order valence-corrected chi connectivity index (χ2v) is 7.24. The molecule has 1 saturated carbocycles. The Morgan fingerprint density at radius 2 is 2.05 bits per heavy atom. The maximum absolute atomic E-state index is 13.6. The molecule has 0 radical (unpaired) electrons. The van der Waals surface area contributed by atoms with Crippen molar-refractivity contribution < 1.29 is 12.8 Å². The fourth-order valence-corrected chi connectivity index (χ4v) is 3.82. The van der Waals surface area contributed by atoms with E-state index in [9.17, 15) is 12.8 Å². The molecule has 0 bridgehead atoms. The summed E-state index contributed by atoms with van der Waals surface area (Å²) in [6, 6.07) is 3.93. The minimum Gasteiger partial charge on any atom is -0.313 e. The first-order chi connectivity index (χ1) is 9.36. The minimum absolute atomic E-state index is 0.125. The number of nitrogens with one attached hydrogen (secondary N) is 2. The van der Waals surface area contributed by atoms with Gasteiger partial charge in [0, 0.05) is 17.6 Å². The Bertz CT molecular complexity index is 583. The van der Waals surface area contributed by atoms with Crippen LogP contribution in [0.4, 0.5) is 4.39 Å². The maximum atomic E-state index is 13.6. The maximum Gasteiger partial charge on any atom is 0.241 e. The van der Waals surface area contributed by atoms with Crippen LogP contribution >= 0.6 is 0 Å². The van der Waals surface area contributed by atoms with Gasteiger partial charge in [0.05, 0.1) is 4.90 Å². The summed E-state index contributed by atoms with van der Waals surface area (Å²) < 4.78 is 41.0. The normalized spacial score (nSPS) is 17.8. The predicted octanol–water partition coefficient (Wildman–Crippen LogP) is 2.16. The van der Waals surface area contributed by atoms with Gasteiger partial charge in [-0.25, -0.2) is 17.5 Å². The molecular weight excluding hydrogens is 279 g/mol. The third-order valence-electron chi connectivity index (χ3n) is 3.73. The van der Waals surface area contributed by atoms with E-state index in [1.807, 2.05) is 13.8 Å². The summed E-state index contributed by atoms with van der Waals surface area (Å²) >= 11 is 0. The van der Waals surface area contributed by atoms with E-state index in [-0.39, 0.29) is 16.3 Å². The number of hydrogen-bond donors (Lipinski definition) is 2. The second-order valence-electron chi connectivity index (χ2n) is 5.55. The van der Waals surface area contributed by atoms with Crippen LogP contribution in [0.1, 0.15) is 38.7 Å². The van der Waals surface area contributed by atoms with Crippen molar-refractivity contribution in [3.8, 4) is 0 Å². The average molecular weight is 300 g/mol. The number of halogens is 1. The Labute approximate surface area is 119 Å². The van der Waals surface area contributed by atoms with E-state index in [1.165, 1.54) is 18.2 Å². The van der Waals surface area contributed by atoms with Crippen LogP contribution in [0.25, 0.3) is 0 Å². The number of sulfonamides is 1. The van der Waals surface area contributed by atoms with Crippen molar-refractivity contribution >= 4 is 10.0 Å². The summed E-state index contributed by atoms with van der Waals surface area (Å²) in [4.78, 5) is 0.125. The van der Waals surface area contributed by atoms with E-state index in [4.69, 9.17) is 0 Å². The molecule has 20 heavy (non-hydrogen) atoms. The summed E-state index contributed by atoms with van der Waals surface area (Å²) in [6.07, 6.45) is 2.73. The van der Waals surface area contributed by atoms with Gasteiger partial charge in [0.15, 0.2) is 0 Å². The monoisotopic (exact) mass is 300 g/mol. The van der Waals surface area contributed by atoms with Gasteiger partial charge in [0.1, 0.15) is 5.82 Å². The van der Waals surface area contributed by atoms with Crippen LogP contribution in [0.2, 0.25) is 0 Å². The molecule has 0 heterocycles. The zero-order valence-electron chi connectivity index (χ0n) is 11.9. The van der Waals surface area contributed by atoms with Crippen LogP contribution in [0, 0.1) is 5.82 Å². The van der Waals surface area contributed by atoms with Crippen molar-refractivity contribution in [1.82, 2.24) is 10.0 Å². The summed E-state index contributed by atoms with van der Waals surface area (Å²) in [5.74, 6) is -0.389. The Hall–Kier alpha value is -0.980. The molecule has 2 N–H and O–H groups in total. The lowest BCUT2D eigenvalue weighted by Gasteiger charge is -2.38. The van der Waals surface area contributed by atoms with E-state index in [0.29, 0.717) is 18.7 Å². The molecule has 112 valence electrons. The smallest absolute Gasteiger partial charge is 0.241 e. The molecular formula is C14H21FN2O2S. The Kier molecular flexibility index (Phi) is 4.46. The third-order valence-corrected chi connectivity index (χ3v) is 5.37. The van der Waals surface area contributed by atoms with E-state index >= 15 is 0 Å². The highest BCUT2D eigenvalue weighted by Gasteiger charge is 2.36. The second kappa shape index (κ2) is 5.79. The molecule has 4 nitrogen and oxygen atoms in total. The Morgan fingerprint density at radius 1 is 1.35 bits per heavy atom. The van der Waals surface area contributed by atoms with Crippen molar-refractivity contribution in [3.63, 3.8) is 0 Å². The van der Waals surface area contributed by atoms with Gasteiger partial charge in [0.25, 0.3) is 0 Å². The third kappa shape index (κ3) is 3.37. The number of hydrogen-bond acceptors (Lipinski definition) is 3. The van der Waals surface area contributed by atoms with Gasteiger partial charge < -0.3 is 5.32 Å². The first-order valence-electron chi connectivity index (χ1n) is 6.89. The highest BCUT2D eigenvalue weighted by molar-refractivity contribution is 7.89. The lowest BCUT2D eigenvalue weighted by molar-refractivity contribution is 0.248. The van der Waals surface area contributed by atoms with Crippen LogP contribution in [-0.2, 0) is 16.6 Å². The Morgan fingerprint density at radius 3 is 2.60 bits per heavy atom. The molecule has 0 saturated heterocycles. The molecule has 0 aliphatic heterocycles. The molecule has 1 aromatic carbocycles. The topological polar surface area (TPSA) is 58.2 Å². The highest BCUT2D eigenvalue weighted by Crippen LogP contribution is 2.32. The minimum atomic E-state index is -3.59. The predicted molar refractivity (Wildman–Crippen MR) is 76.4 cm³/mol. The van der Waals surface area contributed by atoms with Gasteiger partial charge in [-0.1, -0.05) is 6.92 Å². The summed E-state index contributed by atoms with van der Waals surface area (Å²) in [5, 5.41) is 3.00. The fourth-order valence-electron chi connectivity index (χ4n) is 2.31. The molecule has 0 spiro atoms. The lowest BCUT2D eigenvalue weighted by atomic mass is 9.80. The molecule has 0 unspecified atom stereocenters. The largest absolute Gasteiger partial charge is 0.313 e. The first kappa shape index (κ1) is 15.4. The fraction of sp³-hybridized carbons (Fsp3) is 0.571. The van der Waals surface area contributed by atoms with Crippen LogP contribution < -0.4 is 10.0 Å². The molecule has 6 heteroatoms. The highest BCUT2D eigenvalue weighted by atomic mass is 32.2. The zero-order valence-corrected chi connectivity index (χ0v) is 12.7. The van der Waals surface area contributed by atoms with Crippen molar-refractivity contribution in [3.05, 3.63) is 29.6 Å². The van der Waals surface area contributed by atoms with E-state index in [0.717, 1.165) is 19.3 Å². The van der Waals surface area contributed by atoms with E-state index in [1.54, 1.807) is 0 Å². The van der Waals surface area contributed by atoms with Gasteiger partial charge in [-0.3, -0.25) is 0 Å². The van der Waals surface area contributed by atoms with Crippen molar-refractivity contribution in [1.29, 1.82) is 0 Å². The van der Waals surface area contributed by atoms with Crippen LogP contribution in [0.3, 0.4) is 0 Å². The standard InChI is InChI=1S/C14H21FN2O2S/c1-3-16-10-11-9-12(5-6-13(11)15)20(18,19)17-14(2)7-4-8-14/h5-6,9,16-17H,3-4,7-8,10H2,1-2H3. The lowest BCUT2D eigenvalue weighted by Crippen LogP contribution is -2.50. The molecule has 1 fully saturated rings. The SMILES string of the molecule is CCNCc1cc(S(=O)(=O)NC2(C)CCC2)ccc1F. The summed E-state index contributed by atoms with van der Waals surface area (Å²) in [6.45, 7) is 4.84. The van der Waals surface area contributed by atoms with Crippen LogP contribution in [0.5, 0.6) is 0 Å². The van der Waals surface area contributed by atoms with Gasteiger partial charge >= 0.3 is 0 Å². The first-order valence-corrected chi connectivity index (χ1v) is 8.38. The van der Waals surface area contributed by atoms with Gasteiger partial charge in [-0.2, -0.15) is 0 Å². The van der Waals surface area contributed by atoms with E-state index < -0.39 is 10.0 Å². The molecule has 1 aromatic rings.